The highest BCUT2D eigenvalue weighted by Crippen LogP contribution is 2.03. The highest BCUT2D eigenvalue weighted by atomic mass is 15.2. The number of hydrogen-bond donors (Lipinski definition) is 3. The Morgan fingerprint density at radius 2 is 2.36 bits per heavy atom. The molecule has 0 radical (unpaired) electrons. The van der Waals surface area contributed by atoms with Crippen LogP contribution in [0.1, 0.15) is 5.82 Å². The maximum Gasteiger partial charge on any atom is 0.147 e. The van der Waals surface area contributed by atoms with Crippen LogP contribution in [-0.2, 0) is 6.54 Å². The molecule has 0 fully saturated rings. The first-order valence-corrected chi connectivity index (χ1v) is 4.00. The van der Waals surface area contributed by atoms with Crippen LogP contribution in [0.4, 0.5) is 11.6 Å². The largest absolute Gasteiger partial charge is 0.382 e. The number of nitrogen functional groups attached to an aromatic ring is 1. The smallest absolute Gasteiger partial charge is 0.147 e. The molecule has 0 saturated heterocycles. The van der Waals surface area contributed by atoms with Crippen LogP contribution in [0.25, 0.3) is 0 Å². The fourth-order valence-corrected chi connectivity index (χ4v) is 0.956. The third-order valence-corrected chi connectivity index (χ3v) is 1.56. The van der Waals surface area contributed by atoms with Crippen LogP contribution in [0, 0.1) is 0 Å². The van der Waals surface area contributed by atoms with Gasteiger partial charge in [0.25, 0.3) is 0 Å². The summed E-state index contributed by atoms with van der Waals surface area (Å²) in [6.45, 7) is 0.512. The van der Waals surface area contributed by atoms with E-state index >= 15 is 0 Å². The monoisotopic (exact) mass is 191 g/mol. The molecule has 0 saturated carbocycles. The van der Waals surface area contributed by atoms with E-state index in [9.17, 15) is 0 Å². The molecule has 7 nitrogen and oxygen atoms in total. The van der Waals surface area contributed by atoms with Crippen LogP contribution in [0.2, 0.25) is 0 Å². The predicted molar refractivity (Wildman–Crippen MR) is 50.2 cm³/mol. The Bertz CT molecular complexity index is 396. The van der Waals surface area contributed by atoms with Crippen LogP contribution >= 0.6 is 0 Å². The first kappa shape index (κ1) is 8.42. The lowest BCUT2D eigenvalue weighted by molar-refractivity contribution is 0.945. The van der Waals surface area contributed by atoms with E-state index in [-0.39, 0.29) is 0 Å². The summed E-state index contributed by atoms with van der Waals surface area (Å²) in [6.07, 6.45) is 4.52. The fourth-order valence-electron chi connectivity index (χ4n) is 0.956. The number of aromatic amines is 1. The molecule has 0 aliphatic heterocycles. The molecule has 2 aromatic rings. The summed E-state index contributed by atoms with van der Waals surface area (Å²) >= 11 is 0. The molecule has 2 rings (SSSR count). The minimum absolute atomic E-state index is 0.382. The molecule has 0 unspecified atom stereocenters. The highest BCUT2D eigenvalue weighted by Gasteiger charge is 1.97. The lowest BCUT2D eigenvalue weighted by atomic mass is 10.5. The van der Waals surface area contributed by atoms with Gasteiger partial charge in [0, 0.05) is 0 Å². The normalized spacial score (nSPS) is 10.0. The van der Waals surface area contributed by atoms with Gasteiger partial charge in [0.05, 0.1) is 18.9 Å². The van der Waals surface area contributed by atoms with Gasteiger partial charge in [0.15, 0.2) is 0 Å². The van der Waals surface area contributed by atoms with E-state index < -0.39 is 0 Å². The molecule has 0 spiro atoms. The Labute approximate surface area is 79.8 Å². The van der Waals surface area contributed by atoms with E-state index in [0.717, 1.165) is 5.82 Å². The van der Waals surface area contributed by atoms with Crippen molar-refractivity contribution in [2.45, 2.75) is 6.54 Å². The van der Waals surface area contributed by atoms with E-state index in [2.05, 4.69) is 30.5 Å². The summed E-state index contributed by atoms with van der Waals surface area (Å²) in [5.41, 5.74) is 5.46. The fraction of sp³-hybridized carbons (Fsp3) is 0.143. The summed E-state index contributed by atoms with van der Waals surface area (Å²) in [7, 11) is 0. The van der Waals surface area contributed by atoms with Gasteiger partial charge in [-0.1, -0.05) is 0 Å². The van der Waals surface area contributed by atoms with Crippen LogP contribution in [0.15, 0.2) is 18.7 Å². The molecule has 72 valence electrons. The third kappa shape index (κ3) is 1.94. The summed E-state index contributed by atoms with van der Waals surface area (Å²) < 4.78 is 0. The van der Waals surface area contributed by atoms with Crippen molar-refractivity contribution in [1.29, 1.82) is 0 Å². The average molecular weight is 191 g/mol. The van der Waals surface area contributed by atoms with Gasteiger partial charge in [-0.25, -0.2) is 9.97 Å². The van der Waals surface area contributed by atoms with Gasteiger partial charge in [-0.2, -0.15) is 5.10 Å². The molecule has 0 aliphatic carbocycles. The summed E-state index contributed by atoms with van der Waals surface area (Å²) in [6, 6.07) is 0. The molecule has 0 atom stereocenters. The SMILES string of the molecule is Nc1cncc(NCc2ncn[nH]2)n1. The van der Waals surface area contributed by atoms with Crippen molar-refractivity contribution in [1.82, 2.24) is 25.1 Å². The van der Waals surface area contributed by atoms with Crippen LogP contribution < -0.4 is 11.1 Å². The number of nitrogens with two attached hydrogens (primary N) is 1. The molecule has 7 heteroatoms. The molecule has 4 N–H and O–H groups in total. The molecule has 0 aliphatic rings. The summed E-state index contributed by atoms with van der Waals surface area (Å²) in [4.78, 5) is 11.8. The molecule has 14 heavy (non-hydrogen) atoms. The Kier molecular flexibility index (Phi) is 2.22. The minimum atomic E-state index is 0.382. The Balaban J connectivity index is 1.98. The van der Waals surface area contributed by atoms with Gasteiger partial charge < -0.3 is 11.1 Å². The first-order valence-electron chi connectivity index (χ1n) is 4.00. The molecular formula is C7H9N7. The lowest BCUT2D eigenvalue weighted by Gasteiger charge is -2.02. The maximum atomic E-state index is 5.46. The number of nitrogens with zero attached hydrogens (tertiary/aromatic N) is 4. The van der Waals surface area contributed by atoms with E-state index in [1.807, 2.05) is 0 Å². The number of aromatic nitrogens is 5. The van der Waals surface area contributed by atoms with Gasteiger partial charge in [0.2, 0.25) is 0 Å². The Morgan fingerprint density at radius 1 is 1.43 bits per heavy atom. The third-order valence-electron chi connectivity index (χ3n) is 1.56. The van der Waals surface area contributed by atoms with Gasteiger partial charge in [-0.15, -0.1) is 0 Å². The van der Waals surface area contributed by atoms with Crippen LogP contribution in [0.5, 0.6) is 0 Å². The average Bonchev–Trinajstić information content (AvgIpc) is 2.67. The molecule has 2 aromatic heterocycles. The number of rotatable bonds is 3. The van der Waals surface area contributed by atoms with E-state index in [0.29, 0.717) is 18.2 Å². The van der Waals surface area contributed by atoms with Crippen molar-refractivity contribution in [3.63, 3.8) is 0 Å². The van der Waals surface area contributed by atoms with Crippen molar-refractivity contribution in [2.24, 2.45) is 0 Å². The Morgan fingerprint density at radius 3 is 3.07 bits per heavy atom. The number of hydrogen-bond acceptors (Lipinski definition) is 6. The van der Waals surface area contributed by atoms with Gasteiger partial charge in [-0.05, 0) is 0 Å². The molecular weight excluding hydrogens is 182 g/mol. The number of nitrogens with one attached hydrogen (secondary N) is 2. The van der Waals surface area contributed by atoms with E-state index in [4.69, 9.17) is 5.73 Å². The van der Waals surface area contributed by atoms with Crippen molar-refractivity contribution in [2.75, 3.05) is 11.1 Å². The quantitative estimate of drug-likeness (QED) is 0.619. The van der Waals surface area contributed by atoms with E-state index in [1.54, 1.807) is 6.20 Å². The van der Waals surface area contributed by atoms with Crippen molar-refractivity contribution >= 4 is 11.6 Å². The standard InChI is InChI=1S/C7H9N7/c8-5-1-9-2-6(13-5)10-3-7-11-4-12-14-7/h1-2,4H,3H2,(H3,8,10,13)(H,11,12,14). The zero-order valence-electron chi connectivity index (χ0n) is 7.31. The number of H-pyrrole nitrogens is 1. The topological polar surface area (TPSA) is 105 Å². The second-order valence-electron chi connectivity index (χ2n) is 2.61. The minimum Gasteiger partial charge on any atom is -0.382 e. The van der Waals surface area contributed by atoms with Gasteiger partial charge in [0.1, 0.15) is 23.8 Å². The maximum absolute atomic E-state index is 5.46. The van der Waals surface area contributed by atoms with Crippen molar-refractivity contribution in [3.8, 4) is 0 Å². The molecule has 0 bridgehead atoms. The molecule has 0 aromatic carbocycles. The summed E-state index contributed by atoms with van der Waals surface area (Å²) in [5, 5.41) is 9.43. The zero-order valence-corrected chi connectivity index (χ0v) is 7.31. The first-order chi connectivity index (χ1) is 6.84. The second-order valence-corrected chi connectivity index (χ2v) is 2.61. The van der Waals surface area contributed by atoms with Crippen LogP contribution in [-0.4, -0.2) is 25.1 Å². The molecule has 2 heterocycles. The van der Waals surface area contributed by atoms with Crippen LogP contribution in [0.3, 0.4) is 0 Å². The predicted octanol–water partition coefficient (Wildman–Crippen LogP) is -0.211. The van der Waals surface area contributed by atoms with Gasteiger partial charge in [-0.3, -0.25) is 10.1 Å². The van der Waals surface area contributed by atoms with Crippen molar-refractivity contribution in [3.05, 3.63) is 24.5 Å². The van der Waals surface area contributed by atoms with Gasteiger partial charge >= 0.3 is 0 Å². The summed E-state index contributed by atoms with van der Waals surface area (Å²) in [5.74, 6) is 1.73. The number of anilines is 2. The highest BCUT2D eigenvalue weighted by molar-refractivity contribution is 5.38. The Hall–Kier alpha value is -2.18. The lowest BCUT2D eigenvalue weighted by Crippen LogP contribution is -2.04. The van der Waals surface area contributed by atoms with Crippen molar-refractivity contribution < 1.29 is 0 Å². The molecule has 0 amide bonds. The zero-order chi connectivity index (χ0) is 9.80. The second kappa shape index (κ2) is 3.69. The van der Waals surface area contributed by atoms with E-state index in [1.165, 1.54) is 12.5 Å².